The number of aryl methyl sites for hydroxylation is 1. The smallest absolute Gasteiger partial charge is 0.310 e. The maximum absolute atomic E-state index is 11.0. The predicted molar refractivity (Wildman–Crippen MR) is 85.8 cm³/mol. The van der Waals surface area contributed by atoms with Gasteiger partial charge in [-0.2, -0.15) is 0 Å². The van der Waals surface area contributed by atoms with E-state index in [9.17, 15) is 4.79 Å². The van der Waals surface area contributed by atoms with Gasteiger partial charge in [-0.05, 0) is 31.5 Å². The standard InChI is InChI=1S/C14H14Cl2N2O2S/c1-7-6-21-14(18(7)3)17-12-10(15)4-9(5-11(12)16)8(2)13(19)20/h4-6,8H,1-3H3,(H,19,20). The quantitative estimate of drug-likeness (QED) is 0.910. The van der Waals surface area contributed by atoms with Crippen LogP contribution in [0.1, 0.15) is 24.1 Å². The molecule has 0 aliphatic heterocycles. The molecular weight excluding hydrogens is 331 g/mol. The van der Waals surface area contributed by atoms with E-state index in [0.717, 1.165) is 10.5 Å². The molecule has 0 saturated heterocycles. The van der Waals surface area contributed by atoms with Crippen molar-refractivity contribution in [2.45, 2.75) is 19.8 Å². The highest BCUT2D eigenvalue weighted by atomic mass is 35.5. The lowest BCUT2D eigenvalue weighted by Crippen LogP contribution is -2.11. The van der Waals surface area contributed by atoms with Gasteiger partial charge in [0.05, 0.1) is 16.0 Å². The Labute approximate surface area is 136 Å². The minimum absolute atomic E-state index is 0.344. The molecule has 7 heteroatoms. The normalized spacial score (nSPS) is 13.5. The Kier molecular flexibility index (Phi) is 4.76. The van der Waals surface area contributed by atoms with Gasteiger partial charge in [-0.3, -0.25) is 4.79 Å². The summed E-state index contributed by atoms with van der Waals surface area (Å²) < 4.78 is 1.94. The number of hydrogen-bond acceptors (Lipinski definition) is 3. The molecule has 0 saturated carbocycles. The Morgan fingerprint density at radius 2 is 1.95 bits per heavy atom. The fraction of sp³-hybridized carbons (Fsp3) is 0.286. The molecular formula is C14H14Cl2N2O2S. The minimum atomic E-state index is -0.924. The van der Waals surface area contributed by atoms with Gasteiger partial charge in [0.2, 0.25) is 0 Å². The lowest BCUT2D eigenvalue weighted by Gasteiger charge is -2.10. The van der Waals surface area contributed by atoms with Crippen molar-refractivity contribution in [3.8, 4) is 0 Å². The summed E-state index contributed by atoms with van der Waals surface area (Å²) in [7, 11) is 1.91. The average molecular weight is 345 g/mol. The van der Waals surface area contributed by atoms with Crippen molar-refractivity contribution in [1.29, 1.82) is 0 Å². The van der Waals surface area contributed by atoms with Gasteiger partial charge in [-0.15, -0.1) is 11.3 Å². The number of rotatable bonds is 3. The number of thiazole rings is 1. The largest absolute Gasteiger partial charge is 0.481 e. The summed E-state index contributed by atoms with van der Waals surface area (Å²) in [6.45, 7) is 3.57. The summed E-state index contributed by atoms with van der Waals surface area (Å²) in [6.07, 6.45) is 0. The number of benzene rings is 1. The van der Waals surface area contributed by atoms with E-state index in [1.165, 1.54) is 11.3 Å². The lowest BCUT2D eigenvalue weighted by molar-refractivity contribution is -0.138. The van der Waals surface area contributed by atoms with Gasteiger partial charge in [0, 0.05) is 18.1 Å². The number of carbonyl (C=O) groups is 1. The van der Waals surface area contributed by atoms with E-state index < -0.39 is 11.9 Å². The first-order valence-electron chi connectivity index (χ1n) is 6.19. The minimum Gasteiger partial charge on any atom is -0.481 e. The Morgan fingerprint density at radius 3 is 2.38 bits per heavy atom. The van der Waals surface area contributed by atoms with Crippen molar-refractivity contribution >= 4 is 46.2 Å². The van der Waals surface area contributed by atoms with Gasteiger partial charge in [0.15, 0.2) is 4.80 Å². The van der Waals surface area contributed by atoms with Crippen molar-refractivity contribution in [1.82, 2.24) is 4.57 Å². The molecule has 0 spiro atoms. The van der Waals surface area contributed by atoms with Crippen LogP contribution in [0.4, 0.5) is 5.69 Å². The first kappa shape index (κ1) is 16.1. The number of aromatic nitrogens is 1. The number of nitrogens with zero attached hydrogens (tertiary/aromatic N) is 2. The van der Waals surface area contributed by atoms with E-state index >= 15 is 0 Å². The zero-order valence-corrected chi connectivity index (χ0v) is 14.1. The van der Waals surface area contributed by atoms with Crippen molar-refractivity contribution < 1.29 is 9.90 Å². The summed E-state index contributed by atoms with van der Waals surface area (Å²) in [5, 5.41) is 11.7. The zero-order chi connectivity index (χ0) is 15.7. The van der Waals surface area contributed by atoms with Crippen LogP contribution in [0.2, 0.25) is 10.0 Å². The van der Waals surface area contributed by atoms with Crippen molar-refractivity contribution in [3.05, 3.63) is 43.6 Å². The van der Waals surface area contributed by atoms with Crippen LogP contribution >= 0.6 is 34.5 Å². The summed E-state index contributed by atoms with van der Waals surface area (Å²) in [5.74, 6) is -1.60. The van der Waals surface area contributed by atoms with E-state index in [4.69, 9.17) is 28.3 Å². The number of aliphatic carboxylic acids is 1. The molecule has 1 atom stereocenters. The molecule has 0 fully saturated rings. The van der Waals surface area contributed by atoms with Gasteiger partial charge in [0.25, 0.3) is 0 Å². The molecule has 1 N–H and O–H groups in total. The molecule has 0 bridgehead atoms. The first-order chi connectivity index (χ1) is 9.81. The molecule has 0 aliphatic rings. The molecule has 4 nitrogen and oxygen atoms in total. The summed E-state index contributed by atoms with van der Waals surface area (Å²) in [4.78, 5) is 16.3. The zero-order valence-electron chi connectivity index (χ0n) is 11.7. The number of carboxylic acid groups (broad SMARTS) is 1. The van der Waals surface area contributed by atoms with E-state index in [0.29, 0.717) is 21.3 Å². The van der Waals surface area contributed by atoms with Crippen LogP contribution in [0.3, 0.4) is 0 Å². The van der Waals surface area contributed by atoms with E-state index in [2.05, 4.69) is 4.99 Å². The third-order valence-electron chi connectivity index (χ3n) is 3.27. The van der Waals surface area contributed by atoms with E-state index in [1.54, 1.807) is 19.1 Å². The molecule has 0 amide bonds. The van der Waals surface area contributed by atoms with E-state index in [-0.39, 0.29) is 0 Å². The molecule has 1 aromatic heterocycles. The molecule has 1 unspecified atom stereocenters. The Morgan fingerprint density at radius 1 is 1.38 bits per heavy atom. The van der Waals surface area contributed by atoms with E-state index in [1.807, 2.05) is 23.9 Å². The Hall–Kier alpha value is -1.30. The van der Waals surface area contributed by atoms with Crippen LogP contribution < -0.4 is 4.80 Å². The maximum atomic E-state index is 11.0. The number of hydrogen-bond donors (Lipinski definition) is 1. The second-order valence-corrected chi connectivity index (χ2v) is 6.37. The Balaban J connectivity index is 2.55. The molecule has 112 valence electrons. The van der Waals surface area contributed by atoms with Crippen molar-refractivity contribution in [2.24, 2.45) is 12.0 Å². The fourth-order valence-corrected chi connectivity index (χ4v) is 3.20. The first-order valence-corrected chi connectivity index (χ1v) is 7.82. The van der Waals surface area contributed by atoms with Gasteiger partial charge in [0.1, 0.15) is 5.69 Å². The Bertz CT molecular complexity index is 742. The summed E-state index contributed by atoms with van der Waals surface area (Å²) >= 11 is 13.9. The van der Waals surface area contributed by atoms with Crippen LogP contribution in [-0.2, 0) is 11.8 Å². The molecule has 0 aliphatic carbocycles. The molecule has 21 heavy (non-hydrogen) atoms. The maximum Gasteiger partial charge on any atom is 0.310 e. The van der Waals surface area contributed by atoms with Crippen LogP contribution in [0.5, 0.6) is 0 Å². The van der Waals surface area contributed by atoms with Gasteiger partial charge in [-0.1, -0.05) is 23.2 Å². The van der Waals surface area contributed by atoms with Gasteiger partial charge < -0.3 is 9.67 Å². The van der Waals surface area contributed by atoms with Crippen LogP contribution in [-0.4, -0.2) is 15.6 Å². The van der Waals surface area contributed by atoms with Crippen LogP contribution in [0.25, 0.3) is 0 Å². The van der Waals surface area contributed by atoms with Crippen LogP contribution in [0, 0.1) is 6.92 Å². The highest BCUT2D eigenvalue weighted by Crippen LogP contribution is 2.36. The second-order valence-electron chi connectivity index (χ2n) is 4.72. The molecule has 1 heterocycles. The highest BCUT2D eigenvalue weighted by molar-refractivity contribution is 7.07. The lowest BCUT2D eigenvalue weighted by atomic mass is 10.0. The number of carboxylic acids is 1. The van der Waals surface area contributed by atoms with Crippen molar-refractivity contribution in [2.75, 3.05) is 0 Å². The third-order valence-corrected chi connectivity index (χ3v) is 4.88. The monoisotopic (exact) mass is 344 g/mol. The topological polar surface area (TPSA) is 54.6 Å². The second kappa shape index (κ2) is 6.22. The highest BCUT2D eigenvalue weighted by Gasteiger charge is 2.17. The predicted octanol–water partition coefficient (Wildman–Crippen LogP) is 4.12. The summed E-state index contributed by atoms with van der Waals surface area (Å²) in [6, 6.07) is 3.21. The number of halogens is 2. The third kappa shape index (κ3) is 3.31. The fourth-order valence-electron chi connectivity index (χ4n) is 1.73. The SMILES string of the molecule is Cc1csc(=Nc2c(Cl)cc(C(C)C(=O)O)cc2Cl)n1C. The van der Waals surface area contributed by atoms with Gasteiger partial charge in [-0.25, -0.2) is 4.99 Å². The molecule has 1 aromatic carbocycles. The summed E-state index contributed by atoms with van der Waals surface area (Å²) in [5.41, 5.74) is 2.10. The molecule has 2 aromatic rings. The van der Waals surface area contributed by atoms with Gasteiger partial charge >= 0.3 is 5.97 Å². The molecule has 2 rings (SSSR count). The van der Waals surface area contributed by atoms with Crippen molar-refractivity contribution in [3.63, 3.8) is 0 Å². The molecule has 0 radical (unpaired) electrons. The van der Waals surface area contributed by atoms with Crippen LogP contribution in [0.15, 0.2) is 22.5 Å². The average Bonchev–Trinajstić information content (AvgIpc) is 2.73.